The highest BCUT2D eigenvalue weighted by molar-refractivity contribution is 5.44. The molecule has 0 aliphatic heterocycles. The van der Waals surface area contributed by atoms with Gasteiger partial charge in [0.05, 0.1) is 11.4 Å². The van der Waals surface area contributed by atoms with Gasteiger partial charge in [0.25, 0.3) is 0 Å². The molecule has 0 atom stereocenters. The molecule has 3 nitrogen and oxygen atoms in total. The topological polar surface area (TPSA) is 29.9 Å². The van der Waals surface area contributed by atoms with Crippen molar-refractivity contribution in [2.45, 2.75) is 20.3 Å². The number of rotatable bonds is 4. The van der Waals surface area contributed by atoms with Gasteiger partial charge in [-0.1, -0.05) is 12.1 Å². The molecule has 0 fully saturated rings. The molecule has 0 unspecified atom stereocenters. The lowest BCUT2D eigenvalue weighted by Crippen LogP contribution is -2.11. The lowest BCUT2D eigenvalue weighted by Gasteiger charge is -2.08. The van der Waals surface area contributed by atoms with Crippen LogP contribution < -0.4 is 5.32 Å². The summed E-state index contributed by atoms with van der Waals surface area (Å²) in [5.41, 5.74) is 4.88. The highest BCUT2D eigenvalue weighted by Crippen LogP contribution is 2.16. The first-order valence-corrected chi connectivity index (χ1v) is 5.98. The number of hydrogen-bond donors (Lipinski definition) is 1. The molecule has 0 spiro atoms. The minimum absolute atomic E-state index is 0.962. The molecule has 90 valence electrons. The average molecular weight is 229 g/mol. The van der Waals surface area contributed by atoms with E-state index in [9.17, 15) is 0 Å². The second-order valence-corrected chi connectivity index (χ2v) is 4.32. The predicted molar refractivity (Wildman–Crippen MR) is 70.7 cm³/mol. The van der Waals surface area contributed by atoms with Crippen LogP contribution >= 0.6 is 0 Å². The van der Waals surface area contributed by atoms with E-state index in [0.717, 1.165) is 18.7 Å². The van der Waals surface area contributed by atoms with E-state index in [4.69, 9.17) is 0 Å². The van der Waals surface area contributed by atoms with Gasteiger partial charge < -0.3 is 5.32 Å². The molecule has 0 radical (unpaired) electrons. The SMILES string of the molecule is CNCCc1ccn(-c2cccc(C)c2C)n1. The van der Waals surface area contributed by atoms with Gasteiger partial charge in [-0.05, 0) is 44.2 Å². The third-order valence-corrected chi connectivity index (χ3v) is 3.10. The van der Waals surface area contributed by atoms with E-state index in [0.29, 0.717) is 0 Å². The van der Waals surface area contributed by atoms with E-state index in [1.54, 1.807) is 0 Å². The number of benzene rings is 1. The van der Waals surface area contributed by atoms with Crippen LogP contribution in [0.1, 0.15) is 16.8 Å². The number of likely N-dealkylation sites (N-methyl/N-ethyl adjacent to an activating group) is 1. The average Bonchev–Trinajstić information content (AvgIpc) is 2.78. The Bertz CT molecular complexity index is 500. The molecule has 17 heavy (non-hydrogen) atoms. The molecule has 0 bridgehead atoms. The zero-order valence-electron chi connectivity index (χ0n) is 10.7. The number of hydrogen-bond acceptors (Lipinski definition) is 2. The van der Waals surface area contributed by atoms with Crippen molar-refractivity contribution in [2.75, 3.05) is 13.6 Å². The molecule has 0 amide bonds. The van der Waals surface area contributed by atoms with Gasteiger partial charge >= 0.3 is 0 Å². The van der Waals surface area contributed by atoms with Crippen molar-refractivity contribution >= 4 is 0 Å². The largest absolute Gasteiger partial charge is 0.319 e. The highest BCUT2D eigenvalue weighted by Gasteiger charge is 2.05. The fourth-order valence-electron chi connectivity index (χ4n) is 1.87. The van der Waals surface area contributed by atoms with Crippen molar-refractivity contribution < 1.29 is 0 Å². The fourth-order valence-corrected chi connectivity index (χ4v) is 1.87. The minimum Gasteiger partial charge on any atom is -0.319 e. The Morgan fingerprint density at radius 2 is 2.06 bits per heavy atom. The van der Waals surface area contributed by atoms with Crippen LogP contribution in [0.5, 0.6) is 0 Å². The summed E-state index contributed by atoms with van der Waals surface area (Å²) in [6.45, 7) is 5.23. The van der Waals surface area contributed by atoms with Crippen LogP contribution in [0.2, 0.25) is 0 Å². The summed E-state index contributed by atoms with van der Waals surface area (Å²) in [6, 6.07) is 8.40. The zero-order valence-corrected chi connectivity index (χ0v) is 10.7. The monoisotopic (exact) mass is 229 g/mol. The van der Waals surface area contributed by atoms with Crippen LogP contribution in [0.3, 0.4) is 0 Å². The van der Waals surface area contributed by atoms with Crippen LogP contribution in [0.15, 0.2) is 30.5 Å². The Labute approximate surface area is 102 Å². The van der Waals surface area contributed by atoms with Gasteiger partial charge in [-0.25, -0.2) is 4.68 Å². The summed E-state index contributed by atoms with van der Waals surface area (Å²) in [4.78, 5) is 0. The van der Waals surface area contributed by atoms with E-state index < -0.39 is 0 Å². The molecule has 0 aliphatic carbocycles. The predicted octanol–water partition coefficient (Wildman–Crippen LogP) is 2.25. The second kappa shape index (κ2) is 5.15. The third-order valence-electron chi connectivity index (χ3n) is 3.10. The van der Waals surface area contributed by atoms with E-state index >= 15 is 0 Å². The van der Waals surface area contributed by atoms with Gasteiger partial charge in [-0.3, -0.25) is 0 Å². The maximum absolute atomic E-state index is 4.60. The minimum atomic E-state index is 0.962. The second-order valence-electron chi connectivity index (χ2n) is 4.32. The molecule has 1 aromatic heterocycles. The summed E-state index contributed by atoms with van der Waals surface area (Å²) >= 11 is 0. The summed E-state index contributed by atoms with van der Waals surface area (Å²) in [5, 5.41) is 7.73. The van der Waals surface area contributed by atoms with Gasteiger partial charge in [-0.15, -0.1) is 0 Å². The Kier molecular flexibility index (Phi) is 3.59. The van der Waals surface area contributed by atoms with Crippen molar-refractivity contribution in [3.63, 3.8) is 0 Å². The molecular weight excluding hydrogens is 210 g/mol. The molecule has 1 N–H and O–H groups in total. The van der Waals surface area contributed by atoms with E-state index in [1.807, 2.05) is 17.9 Å². The Hall–Kier alpha value is -1.61. The van der Waals surface area contributed by atoms with Crippen LogP contribution in [-0.4, -0.2) is 23.4 Å². The number of aryl methyl sites for hydroxylation is 1. The maximum atomic E-state index is 4.60. The van der Waals surface area contributed by atoms with Crippen molar-refractivity contribution in [3.8, 4) is 5.69 Å². The molecular formula is C14H19N3. The van der Waals surface area contributed by atoms with Gasteiger partial charge in [-0.2, -0.15) is 5.10 Å². The van der Waals surface area contributed by atoms with Crippen molar-refractivity contribution in [1.29, 1.82) is 0 Å². The third kappa shape index (κ3) is 2.56. The smallest absolute Gasteiger partial charge is 0.0677 e. The normalized spacial score (nSPS) is 10.8. The van der Waals surface area contributed by atoms with E-state index in [-0.39, 0.29) is 0 Å². The first-order valence-electron chi connectivity index (χ1n) is 5.98. The molecule has 0 saturated carbocycles. The van der Waals surface area contributed by atoms with Gasteiger partial charge in [0.1, 0.15) is 0 Å². The summed E-state index contributed by atoms with van der Waals surface area (Å²) in [5.74, 6) is 0. The molecule has 2 rings (SSSR count). The Morgan fingerprint density at radius 3 is 2.82 bits per heavy atom. The van der Waals surface area contributed by atoms with E-state index in [2.05, 4.69) is 48.5 Å². The summed E-state index contributed by atoms with van der Waals surface area (Å²) in [7, 11) is 1.96. The molecule has 1 heterocycles. The zero-order chi connectivity index (χ0) is 12.3. The summed E-state index contributed by atoms with van der Waals surface area (Å²) in [6.07, 6.45) is 3.00. The van der Waals surface area contributed by atoms with Gasteiger partial charge in [0.2, 0.25) is 0 Å². The first kappa shape index (κ1) is 11.9. The molecule has 3 heteroatoms. The van der Waals surface area contributed by atoms with Crippen molar-refractivity contribution in [3.05, 3.63) is 47.3 Å². The summed E-state index contributed by atoms with van der Waals surface area (Å²) < 4.78 is 1.97. The molecule has 1 aromatic carbocycles. The molecule has 0 aliphatic rings. The lowest BCUT2D eigenvalue weighted by atomic mass is 10.1. The highest BCUT2D eigenvalue weighted by atomic mass is 15.3. The van der Waals surface area contributed by atoms with Crippen LogP contribution in [0.25, 0.3) is 5.69 Å². The standard InChI is InChI=1S/C14H19N3/c1-11-5-4-6-14(12(11)2)17-10-8-13(16-17)7-9-15-3/h4-6,8,10,15H,7,9H2,1-3H3. The van der Waals surface area contributed by atoms with Gasteiger partial charge in [0.15, 0.2) is 0 Å². The maximum Gasteiger partial charge on any atom is 0.0677 e. The number of nitrogens with zero attached hydrogens (tertiary/aromatic N) is 2. The number of nitrogens with one attached hydrogen (secondary N) is 1. The first-order chi connectivity index (χ1) is 8.22. The lowest BCUT2D eigenvalue weighted by molar-refractivity contribution is 0.753. The van der Waals surface area contributed by atoms with Crippen LogP contribution in [0.4, 0.5) is 0 Å². The Balaban J connectivity index is 2.27. The van der Waals surface area contributed by atoms with Crippen molar-refractivity contribution in [1.82, 2.24) is 15.1 Å². The van der Waals surface area contributed by atoms with Gasteiger partial charge in [0, 0.05) is 19.2 Å². The quantitative estimate of drug-likeness (QED) is 0.871. The van der Waals surface area contributed by atoms with Crippen LogP contribution in [-0.2, 0) is 6.42 Å². The van der Waals surface area contributed by atoms with Crippen molar-refractivity contribution in [2.24, 2.45) is 0 Å². The number of aromatic nitrogens is 2. The Morgan fingerprint density at radius 1 is 1.24 bits per heavy atom. The molecule has 2 aromatic rings. The van der Waals surface area contributed by atoms with Crippen LogP contribution in [0, 0.1) is 13.8 Å². The molecule has 0 saturated heterocycles. The van der Waals surface area contributed by atoms with E-state index in [1.165, 1.54) is 16.8 Å². The fraction of sp³-hybridized carbons (Fsp3) is 0.357.